The molecule has 6 heteroatoms. The average molecular weight is 287 g/mol. The average Bonchev–Trinajstić information content (AvgIpc) is 3.01. The van der Waals surface area contributed by atoms with Gasteiger partial charge in [0.15, 0.2) is 0 Å². The highest BCUT2D eigenvalue weighted by atomic mass is 16.3. The Balaban J connectivity index is 1.78. The van der Waals surface area contributed by atoms with Crippen molar-refractivity contribution in [1.29, 1.82) is 0 Å². The van der Waals surface area contributed by atoms with Crippen molar-refractivity contribution in [1.82, 2.24) is 15.1 Å². The van der Waals surface area contributed by atoms with Crippen LogP contribution in [0.15, 0.2) is 30.6 Å². The van der Waals surface area contributed by atoms with Crippen LogP contribution >= 0.6 is 0 Å². The van der Waals surface area contributed by atoms with Crippen molar-refractivity contribution in [3.63, 3.8) is 0 Å². The maximum atomic E-state index is 12.5. The van der Waals surface area contributed by atoms with E-state index in [0.29, 0.717) is 13.1 Å². The van der Waals surface area contributed by atoms with Crippen molar-refractivity contribution in [3.8, 4) is 11.5 Å². The Morgan fingerprint density at radius 2 is 2.24 bits per heavy atom. The number of benzene rings is 1. The van der Waals surface area contributed by atoms with Gasteiger partial charge in [-0.1, -0.05) is 0 Å². The fourth-order valence-corrected chi connectivity index (χ4v) is 2.79. The summed E-state index contributed by atoms with van der Waals surface area (Å²) >= 11 is 0. The topological polar surface area (TPSA) is 89.4 Å². The van der Waals surface area contributed by atoms with Gasteiger partial charge in [0, 0.05) is 31.3 Å². The molecule has 1 aliphatic rings. The van der Waals surface area contributed by atoms with Crippen LogP contribution in [-0.4, -0.2) is 44.3 Å². The molecule has 1 unspecified atom stereocenters. The summed E-state index contributed by atoms with van der Waals surface area (Å²) < 4.78 is 0. The molecule has 0 bridgehead atoms. The number of nitrogens with one attached hydrogen (secondary N) is 1. The Morgan fingerprint density at radius 1 is 1.38 bits per heavy atom. The van der Waals surface area contributed by atoms with E-state index in [1.165, 1.54) is 18.2 Å². The first-order chi connectivity index (χ1) is 10.1. The monoisotopic (exact) mass is 287 g/mol. The van der Waals surface area contributed by atoms with Gasteiger partial charge in [0.1, 0.15) is 11.5 Å². The van der Waals surface area contributed by atoms with Crippen molar-refractivity contribution in [2.45, 2.75) is 18.8 Å². The molecule has 110 valence electrons. The van der Waals surface area contributed by atoms with Crippen LogP contribution in [0.5, 0.6) is 11.5 Å². The van der Waals surface area contributed by atoms with Crippen LogP contribution in [0, 0.1) is 0 Å². The van der Waals surface area contributed by atoms with Crippen LogP contribution in [-0.2, 0) is 0 Å². The number of phenols is 2. The molecule has 1 saturated heterocycles. The Morgan fingerprint density at radius 3 is 2.95 bits per heavy atom. The SMILES string of the molecule is O=C(c1ccc(O)cc1O)N1CCCC(c2cn[nH]c2)C1. The second-order valence-electron chi connectivity index (χ2n) is 5.32. The Labute approximate surface area is 122 Å². The second-order valence-corrected chi connectivity index (χ2v) is 5.32. The second kappa shape index (κ2) is 5.47. The lowest BCUT2D eigenvalue weighted by molar-refractivity contribution is 0.0704. The first-order valence-electron chi connectivity index (χ1n) is 6.95. The van der Waals surface area contributed by atoms with Gasteiger partial charge in [0.2, 0.25) is 0 Å². The van der Waals surface area contributed by atoms with Gasteiger partial charge in [0.05, 0.1) is 11.8 Å². The molecule has 0 spiro atoms. The van der Waals surface area contributed by atoms with E-state index >= 15 is 0 Å². The molecule has 1 fully saturated rings. The van der Waals surface area contributed by atoms with E-state index < -0.39 is 0 Å². The van der Waals surface area contributed by atoms with Gasteiger partial charge >= 0.3 is 0 Å². The van der Waals surface area contributed by atoms with E-state index in [4.69, 9.17) is 0 Å². The first-order valence-corrected chi connectivity index (χ1v) is 6.95. The highest BCUT2D eigenvalue weighted by molar-refractivity contribution is 5.97. The van der Waals surface area contributed by atoms with Crippen molar-refractivity contribution in [2.75, 3.05) is 13.1 Å². The number of H-pyrrole nitrogens is 1. The highest BCUT2D eigenvalue weighted by Gasteiger charge is 2.27. The zero-order chi connectivity index (χ0) is 14.8. The minimum atomic E-state index is -0.208. The lowest BCUT2D eigenvalue weighted by Crippen LogP contribution is -2.39. The quantitative estimate of drug-likeness (QED) is 0.786. The van der Waals surface area contributed by atoms with Crippen LogP contribution in [0.25, 0.3) is 0 Å². The summed E-state index contributed by atoms with van der Waals surface area (Å²) in [4.78, 5) is 14.3. The molecule has 1 amide bonds. The predicted octanol–water partition coefficient (Wildman–Crippen LogP) is 1.84. The molecular weight excluding hydrogens is 270 g/mol. The standard InChI is InChI=1S/C15H17N3O3/c19-12-3-4-13(14(20)6-12)15(21)18-5-1-2-10(9-18)11-7-16-17-8-11/h3-4,6-8,10,19-20H,1-2,5,9H2,(H,16,17). The van der Waals surface area contributed by atoms with E-state index in [-0.39, 0.29) is 28.9 Å². The lowest BCUT2D eigenvalue weighted by atomic mass is 9.92. The van der Waals surface area contributed by atoms with E-state index in [2.05, 4.69) is 10.2 Å². The number of phenolic OH excluding ortho intramolecular Hbond substituents is 2. The van der Waals surface area contributed by atoms with E-state index in [9.17, 15) is 15.0 Å². The molecule has 1 atom stereocenters. The van der Waals surface area contributed by atoms with Gasteiger partial charge in [-0.25, -0.2) is 0 Å². The molecule has 1 aromatic carbocycles. The number of aromatic nitrogens is 2. The number of likely N-dealkylation sites (tertiary alicyclic amines) is 1. The van der Waals surface area contributed by atoms with Crippen molar-refractivity contribution < 1.29 is 15.0 Å². The zero-order valence-corrected chi connectivity index (χ0v) is 11.5. The van der Waals surface area contributed by atoms with E-state index in [0.717, 1.165) is 18.4 Å². The molecule has 1 aliphatic heterocycles. The summed E-state index contributed by atoms with van der Waals surface area (Å²) in [5.74, 6) is -0.189. The summed E-state index contributed by atoms with van der Waals surface area (Å²) in [6.45, 7) is 1.28. The van der Waals surface area contributed by atoms with Crippen LogP contribution in [0.3, 0.4) is 0 Å². The third-order valence-electron chi connectivity index (χ3n) is 3.91. The van der Waals surface area contributed by atoms with Gasteiger partial charge in [-0.15, -0.1) is 0 Å². The highest BCUT2D eigenvalue weighted by Crippen LogP contribution is 2.29. The number of nitrogens with zero attached hydrogens (tertiary/aromatic N) is 2. The number of amides is 1. The minimum absolute atomic E-state index is 0.0565. The zero-order valence-electron chi connectivity index (χ0n) is 11.5. The minimum Gasteiger partial charge on any atom is -0.508 e. The fourth-order valence-electron chi connectivity index (χ4n) is 2.79. The summed E-state index contributed by atoms with van der Waals surface area (Å²) in [5.41, 5.74) is 1.32. The van der Waals surface area contributed by atoms with Gasteiger partial charge in [0.25, 0.3) is 5.91 Å². The maximum absolute atomic E-state index is 12.5. The Bertz CT molecular complexity index is 640. The summed E-state index contributed by atoms with van der Waals surface area (Å²) in [6, 6.07) is 4.05. The third-order valence-corrected chi connectivity index (χ3v) is 3.91. The maximum Gasteiger partial charge on any atom is 0.257 e. The molecule has 21 heavy (non-hydrogen) atoms. The molecule has 3 N–H and O–H groups in total. The van der Waals surface area contributed by atoms with E-state index in [1.54, 1.807) is 11.1 Å². The van der Waals surface area contributed by atoms with Gasteiger partial charge < -0.3 is 15.1 Å². The molecule has 6 nitrogen and oxygen atoms in total. The van der Waals surface area contributed by atoms with Crippen LogP contribution in [0.2, 0.25) is 0 Å². The number of aromatic hydroxyl groups is 2. The van der Waals surface area contributed by atoms with E-state index in [1.807, 2.05) is 6.20 Å². The molecule has 0 saturated carbocycles. The lowest BCUT2D eigenvalue weighted by Gasteiger charge is -2.32. The fraction of sp³-hybridized carbons (Fsp3) is 0.333. The number of piperidine rings is 1. The van der Waals surface area contributed by atoms with Gasteiger partial charge in [-0.05, 0) is 30.5 Å². The van der Waals surface area contributed by atoms with Crippen LogP contribution in [0.1, 0.15) is 34.7 Å². The molecule has 1 aromatic heterocycles. The molecule has 2 aromatic rings. The summed E-state index contributed by atoms with van der Waals surface area (Å²) in [7, 11) is 0. The number of aromatic amines is 1. The molecule has 0 aliphatic carbocycles. The van der Waals surface area contributed by atoms with Crippen LogP contribution < -0.4 is 0 Å². The summed E-state index contributed by atoms with van der Waals surface area (Å²) in [5, 5.41) is 25.9. The van der Waals surface area contributed by atoms with Gasteiger partial charge in [-0.3, -0.25) is 9.89 Å². The predicted molar refractivity (Wildman–Crippen MR) is 76.2 cm³/mol. The number of hydrogen-bond donors (Lipinski definition) is 3. The molecule has 3 rings (SSSR count). The number of carbonyl (C=O) groups excluding carboxylic acids is 1. The van der Waals surface area contributed by atoms with Crippen molar-refractivity contribution in [3.05, 3.63) is 41.7 Å². The Kier molecular flexibility index (Phi) is 3.51. The van der Waals surface area contributed by atoms with Crippen LogP contribution in [0.4, 0.5) is 0 Å². The number of rotatable bonds is 2. The largest absolute Gasteiger partial charge is 0.508 e. The molecule has 2 heterocycles. The first kappa shape index (κ1) is 13.5. The summed E-state index contributed by atoms with van der Waals surface area (Å²) in [6.07, 6.45) is 5.58. The Hall–Kier alpha value is -2.50. The number of carbonyl (C=O) groups is 1. The smallest absolute Gasteiger partial charge is 0.257 e. The third kappa shape index (κ3) is 2.69. The van der Waals surface area contributed by atoms with Gasteiger partial charge in [-0.2, -0.15) is 5.10 Å². The molecular formula is C15H17N3O3. The molecule has 0 radical (unpaired) electrons. The van der Waals surface area contributed by atoms with Crippen molar-refractivity contribution >= 4 is 5.91 Å². The normalized spacial score (nSPS) is 18.7. The van der Waals surface area contributed by atoms with Crippen molar-refractivity contribution in [2.24, 2.45) is 0 Å². The number of hydrogen-bond acceptors (Lipinski definition) is 4.